The maximum atomic E-state index is 11.2. The summed E-state index contributed by atoms with van der Waals surface area (Å²) in [5.74, 6) is 5.54. The van der Waals surface area contributed by atoms with E-state index in [4.69, 9.17) is 10.6 Å². The van der Waals surface area contributed by atoms with Crippen LogP contribution >= 0.6 is 0 Å². The number of amides is 1. The normalized spacial score (nSPS) is 9.80. The molecule has 1 amide bonds. The molecule has 0 heterocycles. The topological polar surface area (TPSA) is 64.3 Å². The molecule has 15 heavy (non-hydrogen) atoms. The molecule has 3 N–H and O–H groups in total. The summed E-state index contributed by atoms with van der Waals surface area (Å²) in [6.07, 6.45) is 1.18. The first-order valence-corrected chi connectivity index (χ1v) is 4.86. The van der Waals surface area contributed by atoms with Gasteiger partial charge in [0.25, 0.3) is 0 Å². The van der Waals surface area contributed by atoms with Crippen LogP contribution in [0.3, 0.4) is 0 Å². The van der Waals surface area contributed by atoms with E-state index in [2.05, 4.69) is 12.3 Å². The molecule has 0 radical (unpaired) electrons. The molecule has 82 valence electrons. The van der Waals surface area contributed by atoms with Crippen molar-refractivity contribution in [1.29, 1.82) is 0 Å². The Balaban J connectivity index is 2.95. The number of hydrogen-bond acceptors (Lipinski definition) is 3. The van der Waals surface area contributed by atoms with Crippen LogP contribution in [-0.2, 0) is 17.6 Å². The van der Waals surface area contributed by atoms with Crippen molar-refractivity contribution in [2.45, 2.75) is 19.8 Å². The Morgan fingerprint density at radius 1 is 1.53 bits per heavy atom. The van der Waals surface area contributed by atoms with Gasteiger partial charge in [0.2, 0.25) is 5.91 Å². The lowest BCUT2D eigenvalue weighted by molar-refractivity contribution is -0.120. The molecule has 1 aromatic carbocycles. The van der Waals surface area contributed by atoms with Gasteiger partial charge in [-0.05, 0) is 18.1 Å². The quantitative estimate of drug-likeness (QED) is 0.437. The van der Waals surface area contributed by atoms with Crippen molar-refractivity contribution in [2.75, 3.05) is 7.11 Å². The van der Waals surface area contributed by atoms with Gasteiger partial charge in [-0.2, -0.15) is 0 Å². The first-order chi connectivity index (χ1) is 7.21. The summed E-state index contributed by atoms with van der Waals surface area (Å²) in [6, 6.07) is 5.83. The zero-order chi connectivity index (χ0) is 11.3. The number of carbonyl (C=O) groups is 1. The Hall–Kier alpha value is -1.55. The van der Waals surface area contributed by atoms with Crippen molar-refractivity contribution >= 4 is 5.91 Å². The van der Waals surface area contributed by atoms with Gasteiger partial charge in [-0.15, -0.1) is 0 Å². The van der Waals surface area contributed by atoms with E-state index in [1.165, 1.54) is 5.56 Å². The van der Waals surface area contributed by atoms with Gasteiger partial charge in [0.15, 0.2) is 0 Å². The second kappa shape index (κ2) is 5.36. The summed E-state index contributed by atoms with van der Waals surface area (Å²) in [7, 11) is 1.59. The lowest BCUT2D eigenvalue weighted by atomic mass is 10.1. The zero-order valence-electron chi connectivity index (χ0n) is 9.04. The highest BCUT2D eigenvalue weighted by molar-refractivity contribution is 5.78. The number of nitrogens with two attached hydrogens (primary N) is 1. The molecular weight excluding hydrogens is 192 g/mol. The summed E-state index contributed by atoms with van der Waals surface area (Å²) in [5.41, 5.74) is 4.15. The fourth-order valence-corrected chi connectivity index (χ4v) is 1.41. The van der Waals surface area contributed by atoms with E-state index in [1.807, 2.05) is 18.2 Å². The molecule has 0 saturated heterocycles. The Bertz CT molecular complexity index is 350. The SMILES string of the molecule is CCc1ccc(OC)c(CC(=O)NN)c1. The average Bonchev–Trinajstić information content (AvgIpc) is 2.28. The van der Waals surface area contributed by atoms with Crippen LogP contribution in [0.2, 0.25) is 0 Å². The van der Waals surface area contributed by atoms with Crippen LogP contribution in [0.4, 0.5) is 0 Å². The smallest absolute Gasteiger partial charge is 0.238 e. The Labute approximate surface area is 89.4 Å². The van der Waals surface area contributed by atoms with Crippen LogP contribution < -0.4 is 16.0 Å². The van der Waals surface area contributed by atoms with E-state index in [-0.39, 0.29) is 12.3 Å². The Morgan fingerprint density at radius 3 is 2.80 bits per heavy atom. The minimum Gasteiger partial charge on any atom is -0.496 e. The third-order valence-corrected chi connectivity index (χ3v) is 2.27. The average molecular weight is 208 g/mol. The lowest BCUT2D eigenvalue weighted by Crippen LogP contribution is -2.31. The number of methoxy groups -OCH3 is 1. The number of hydrogen-bond donors (Lipinski definition) is 2. The van der Waals surface area contributed by atoms with Crippen molar-refractivity contribution in [3.8, 4) is 5.75 Å². The van der Waals surface area contributed by atoms with Gasteiger partial charge in [0.05, 0.1) is 13.5 Å². The molecule has 0 aliphatic carbocycles. The van der Waals surface area contributed by atoms with Crippen molar-refractivity contribution in [3.05, 3.63) is 29.3 Å². The number of rotatable bonds is 4. The molecule has 0 fully saturated rings. The van der Waals surface area contributed by atoms with E-state index in [0.29, 0.717) is 0 Å². The van der Waals surface area contributed by atoms with Gasteiger partial charge in [-0.25, -0.2) is 5.84 Å². The van der Waals surface area contributed by atoms with Crippen LogP contribution in [0, 0.1) is 0 Å². The van der Waals surface area contributed by atoms with E-state index in [1.54, 1.807) is 7.11 Å². The molecule has 0 aliphatic rings. The minimum atomic E-state index is -0.221. The molecule has 0 saturated carbocycles. The first-order valence-electron chi connectivity index (χ1n) is 4.86. The number of carbonyl (C=O) groups excluding carboxylic acids is 1. The maximum Gasteiger partial charge on any atom is 0.238 e. The van der Waals surface area contributed by atoms with Crippen molar-refractivity contribution in [3.63, 3.8) is 0 Å². The number of hydrazine groups is 1. The fourth-order valence-electron chi connectivity index (χ4n) is 1.41. The standard InChI is InChI=1S/C11H16N2O2/c1-3-8-4-5-10(15-2)9(6-8)7-11(14)13-12/h4-6H,3,7,12H2,1-2H3,(H,13,14). The number of benzene rings is 1. The largest absolute Gasteiger partial charge is 0.496 e. The predicted molar refractivity (Wildman–Crippen MR) is 58.4 cm³/mol. The lowest BCUT2D eigenvalue weighted by Gasteiger charge is -2.09. The second-order valence-corrected chi connectivity index (χ2v) is 3.24. The predicted octanol–water partition coefficient (Wildman–Crippen LogP) is 0.790. The van der Waals surface area contributed by atoms with E-state index in [0.717, 1.165) is 17.7 Å². The minimum absolute atomic E-state index is 0.221. The van der Waals surface area contributed by atoms with E-state index < -0.39 is 0 Å². The summed E-state index contributed by atoms with van der Waals surface area (Å²) in [4.78, 5) is 11.2. The number of ether oxygens (including phenoxy) is 1. The van der Waals surface area contributed by atoms with E-state index in [9.17, 15) is 4.79 Å². The summed E-state index contributed by atoms with van der Waals surface area (Å²) in [6.45, 7) is 2.06. The van der Waals surface area contributed by atoms with Crippen LogP contribution in [0.15, 0.2) is 18.2 Å². The molecule has 0 aliphatic heterocycles. The molecule has 0 bridgehead atoms. The molecule has 0 aromatic heterocycles. The highest BCUT2D eigenvalue weighted by Crippen LogP contribution is 2.20. The van der Waals surface area contributed by atoms with Crippen molar-refractivity contribution < 1.29 is 9.53 Å². The van der Waals surface area contributed by atoms with Crippen molar-refractivity contribution in [2.24, 2.45) is 5.84 Å². The molecule has 4 nitrogen and oxygen atoms in total. The molecule has 0 unspecified atom stereocenters. The molecule has 1 rings (SSSR count). The van der Waals surface area contributed by atoms with Gasteiger partial charge in [-0.1, -0.05) is 19.1 Å². The van der Waals surface area contributed by atoms with Crippen molar-refractivity contribution in [1.82, 2.24) is 5.43 Å². The molecular formula is C11H16N2O2. The second-order valence-electron chi connectivity index (χ2n) is 3.24. The third kappa shape index (κ3) is 2.95. The monoisotopic (exact) mass is 208 g/mol. The van der Waals surface area contributed by atoms with Gasteiger partial charge in [0, 0.05) is 5.56 Å². The molecule has 1 aromatic rings. The highest BCUT2D eigenvalue weighted by Gasteiger charge is 2.08. The Morgan fingerprint density at radius 2 is 2.27 bits per heavy atom. The number of aryl methyl sites for hydroxylation is 1. The van der Waals surface area contributed by atoms with Gasteiger partial charge in [-0.3, -0.25) is 10.2 Å². The van der Waals surface area contributed by atoms with Crippen LogP contribution in [0.25, 0.3) is 0 Å². The van der Waals surface area contributed by atoms with Crippen LogP contribution in [-0.4, -0.2) is 13.0 Å². The third-order valence-electron chi connectivity index (χ3n) is 2.27. The molecule has 0 atom stereocenters. The highest BCUT2D eigenvalue weighted by atomic mass is 16.5. The number of nitrogens with one attached hydrogen (secondary N) is 1. The van der Waals surface area contributed by atoms with Crippen LogP contribution in [0.1, 0.15) is 18.1 Å². The summed E-state index contributed by atoms with van der Waals surface area (Å²) >= 11 is 0. The Kier molecular flexibility index (Phi) is 4.12. The molecule has 4 heteroatoms. The zero-order valence-corrected chi connectivity index (χ0v) is 9.04. The molecule has 0 spiro atoms. The van der Waals surface area contributed by atoms with Crippen LogP contribution in [0.5, 0.6) is 5.75 Å². The summed E-state index contributed by atoms with van der Waals surface area (Å²) < 4.78 is 5.17. The van der Waals surface area contributed by atoms with Gasteiger partial charge < -0.3 is 4.74 Å². The fraction of sp³-hybridized carbons (Fsp3) is 0.364. The van der Waals surface area contributed by atoms with E-state index >= 15 is 0 Å². The van der Waals surface area contributed by atoms with Gasteiger partial charge in [0.1, 0.15) is 5.75 Å². The van der Waals surface area contributed by atoms with Gasteiger partial charge >= 0.3 is 0 Å². The maximum absolute atomic E-state index is 11.2. The first kappa shape index (κ1) is 11.5. The summed E-state index contributed by atoms with van der Waals surface area (Å²) in [5, 5.41) is 0.